The molecule has 4 rings (SSSR count). The number of nitrogens with zero attached hydrogens (tertiary/aromatic N) is 4. The number of carbonyl (C=O) groups excluding carboxylic acids is 1. The first kappa shape index (κ1) is 25.5. The van der Waals surface area contributed by atoms with E-state index in [2.05, 4.69) is 25.3 Å². The van der Waals surface area contributed by atoms with E-state index in [1.807, 2.05) is 31.2 Å². The van der Waals surface area contributed by atoms with Gasteiger partial charge < -0.3 is 29.0 Å². The average molecular weight is 496 g/mol. The molecule has 2 aromatic carbocycles. The van der Waals surface area contributed by atoms with Crippen LogP contribution in [0.4, 0.5) is 5.69 Å². The number of piperazine rings is 1. The third kappa shape index (κ3) is 6.13. The smallest absolute Gasteiger partial charge is 0.241 e. The molecule has 1 saturated heterocycles. The van der Waals surface area contributed by atoms with Crippen molar-refractivity contribution in [3.05, 3.63) is 47.9 Å². The number of hydrogen-bond acceptors (Lipinski definition) is 9. The summed E-state index contributed by atoms with van der Waals surface area (Å²) in [6, 6.07) is 11.5. The highest BCUT2D eigenvalue weighted by Crippen LogP contribution is 2.39. The lowest BCUT2D eigenvalue weighted by atomic mass is 10.1. The highest BCUT2D eigenvalue weighted by atomic mass is 16.5. The number of nitrogens with one attached hydrogen (secondary N) is 1. The van der Waals surface area contributed by atoms with Gasteiger partial charge in [-0.1, -0.05) is 29.4 Å². The molecule has 10 heteroatoms. The Kier molecular flexibility index (Phi) is 8.40. The summed E-state index contributed by atoms with van der Waals surface area (Å²) in [6.45, 7) is 6.83. The molecule has 1 N–H and O–H groups in total. The van der Waals surface area contributed by atoms with Crippen LogP contribution in [-0.4, -0.2) is 79.9 Å². The number of carbonyl (C=O) groups is 1. The van der Waals surface area contributed by atoms with Crippen LogP contribution in [0.1, 0.15) is 17.9 Å². The summed E-state index contributed by atoms with van der Waals surface area (Å²) in [5, 5.41) is 7.08. The average Bonchev–Trinajstić information content (AvgIpc) is 3.36. The largest absolute Gasteiger partial charge is 0.493 e. The van der Waals surface area contributed by atoms with Gasteiger partial charge in [0.25, 0.3) is 0 Å². The van der Waals surface area contributed by atoms with E-state index >= 15 is 0 Å². The molecule has 1 aliphatic heterocycles. The number of anilines is 1. The molecule has 3 aromatic rings. The van der Waals surface area contributed by atoms with Crippen LogP contribution in [0, 0.1) is 6.92 Å². The maximum Gasteiger partial charge on any atom is 0.241 e. The Labute approximate surface area is 211 Å². The predicted octanol–water partition coefficient (Wildman–Crippen LogP) is 3.22. The highest BCUT2D eigenvalue weighted by molar-refractivity contribution is 5.91. The molecule has 192 valence electrons. The van der Waals surface area contributed by atoms with Crippen LogP contribution >= 0.6 is 0 Å². The molecule has 1 amide bonds. The first-order valence-electron chi connectivity index (χ1n) is 11.9. The number of benzene rings is 2. The first-order valence-corrected chi connectivity index (χ1v) is 11.9. The molecule has 36 heavy (non-hydrogen) atoms. The van der Waals surface area contributed by atoms with Crippen molar-refractivity contribution >= 4 is 11.6 Å². The van der Waals surface area contributed by atoms with Gasteiger partial charge in [-0.05, 0) is 12.5 Å². The van der Waals surface area contributed by atoms with Crippen LogP contribution in [0.15, 0.2) is 40.9 Å². The fourth-order valence-corrected chi connectivity index (χ4v) is 4.25. The van der Waals surface area contributed by atoms with Crippen LogP contribution < -0.4 is 19.5 Å². The van der Waals surface area contributed by atoms with E-state index in [0.29, 0.717) is 54.2 Å². The van der Waals surface area contributed by atoms with Gasteiger partial charge in [0, 0.05) is 62.5 Å². The molecule has 0 spiro atoms. The summed E-state index contributed by atoms with van der Waals surface area (Å²) in [7, 11) is 4.64. The monoisotopic (exact) mass is 495 g/mol. The van der Waals surface area contributed by atoms with E-state index in [9.17, 15) is 4.79 Å². The second-order valence-corrected chi connectivity index (χ2v) is 8.66. The summed E-state index contributed by atoms with van der Waals surface area (Å²) in [5.41, 5.74) is 2.71. The summed E-state index contributed by atoms with van der Waals surface area (Å²) < 4.78 is 21.5. The van der Waals surface area contributed by atoms with E-state index in [-0.39, 0.29) is 5.91 Å². The van der Waals surface area contributed by atoms with Crippen molar-refractivity contribution in [2.24, 2.45) is 0 Å². The Morgan fingerprint density at radius 1 is 1.00 bits per heavy atom. The number of hydrogen-bond donors (Lipinski definition) is 1. The molecule has 1 aliphatic rings. The van der Waals surface area contributed by atoms with Gasteiger partial charge in [-0.3, -0.25) is 9.69 Å². The topological polar surface area (TPSA) is 102 Å². The van der Waals surface area contributed by atoms with Crippen LogP contribution in [-0.2, 0) is 11.3 Å². The van der Waals surface area contributed by atoms with Gasteiger partial charge in [-0.2, -0.15) is 4.98 Å². The van der Waals surface area contributed by atoms with E-state index in [4.69, 9.17) is 18.7 Å². The molecule has 2 heterocycles. The van der Waals surface area contributed by atoms with E-state index in [1.165, 1.54) is 0 Å². The van der Waals surface area contributed by atoms with Crippen LogP contribution in [0.5, 0.6) is 17.2 Å². The van der Waals surface area contributed by atoms with Crippen molar-refractivity contribution in [1.29, 1.82) is 0 Å². The van der Waals surface area contributed by atoms with Gasteiger partial charge in [0.1, 0.15) is 0 Å². The number of aromatic nitrogens is 2. The fourth-order valence-electron chi connectivity index (χ4n) is 4.25. The van der Waals surface area contributed by atoms with Gasteiger partial charge in [-0.15, -0.1) is 0 Å². The Hall–Kier alpha value is -3.63. The molecule has 1 aromatic heterocycles. The molecule has 0 radical (unpaired) electrons. The number of rotatable bonds is 10. The number of amides is 1. The molecule has 0 bridgehead atoms. The summed E-state index contributed by atoms with van der Waals surface area (Å²) >= 11 is 0. The summed E-state index contributed by atoms with van der Waals surface area (Å²) in [4.78, 5) is 21.7. The summed E-state index contributed by atoms with van der Waals surface area (Å²) in [5.74, 6) is 2.65. The van der Waals surface area contributed by atoms with Gasteiger partial charge in [0.05, 0.1) is 27.9 Å². The molecule has 0 saturated carbocycles. The highest BCUT2D eigenvalue weighted by Gasteiger charge is 2.21. The molecule has 10 nitrogen and oxygen atoms in total. The first-order chi connectivity index (χ1) is 17.5. The number of aryl methyl sites for hydroxylation is 1. The minimum Gasteiger partial charge on any atom is -0.493 e. The van der Waals surface area contributed by atoms with E-state index < -0.39 is 0 Å². The Bertz CT molecular complexity index is 1150. The van der Waals surface area contributed by atoms with Crippen molar-refractivity contribution in [3.63, 3.8) is 0 Å². The van der Waals surface area contributed by atoms with E-state index in [0.717, 1.165) is 37.3 Å². The lowest BCUT2D eigenvalue weighted by Crippen LogP contribution is -2.46. The second kappa shape index (κ2) is 11.9. The number of ether oxygens (including phenoxy) is 3. The zero-order valence-electron chi connectivity index (χ0n) is 21.2. The summed E-state index contributed by atoms with van der Waals surface area (Å²) in [6.07, 6.45) is 0.389. The molecular formula is C26H33N5O5. The van der Waals surface area contributed by atoms with E-state index in [1.54, 1.807) is 33.5 Å². The third-order valence-electron chi connectivity index (χ3n) is 6.28. The quantitative estimate of drug-likeness (QED) is 0.454. The fraction of sp³-hybridized carbons (Fsp3) is 0.423. The molecule has 0 unspecified atom stereocenters. The Morgan fingerprint density at radius 3 is 2.31 bits per heavy atom. The lowest BCUT2D eigenvalue weighted by Gasteiger charge is -2.33. The van der Waals surface area contributed by atoms with Gasteiger partial charge in [0.15, 0.2) is 11.5 Å². The molecular weight excluding hydrogens is 462 g/mol. The molecule has 0 aliphatic carbocycles. The van der Waals surface area contributed by atoms with Gasteiger partial charge >= 0.3 is 0 Å². The predicted molar refractivity (Wildman–Crippen MR) is 136 cm³/mol. The number of methoxy groups -OCH3 is 3. The minimum atomic E-state index is -0.0682. The minimum absolute atomic E-state index is 0.0682. The van der Waals surface area contributed by atoms with Crippen molar-refractivity contribution in [1.82, 2.24) is 19.9 Å². The second-order valence-electron chi connectivity index (χ2n) is 8.66. The van der Waals surface area contributed by atoms with Crippen LogP contribution in [0.3, 0.4) is 0 Å². The van der Waals surface area contributed by atoms with Crippen LogP contribution in [0.25, 0.3) is 11.4 Å². The van der Waals surface area contributed by atoms with Crippen molar-refractivity contribution in [3.8, 4) is 28.6 Å². The normalized spacial score (nSPS) is 14.4. The zero-order valence-corrected chi connectivity index (χ0v) is 21.2. The van der Waals surface area contributed by atoms with Crippen molar-refractivity contribution in [2.75, 3.05) is 59.4 Å². The molecule has 0 atom stereocenters. The van der Waals surface area contributed by atoms with Gasteiger partial charge in [-0.25, -0.2) is 0 Å². The maximum atomic E-state index is 12.6. The Morgan fingerprint density at radius 2 is 1.67 bits per heavy atom. The molecule has 1 fully saturated rings. The standard InChI is InChI=1S/C26H33N5O5/c1-18-7-5-6-8-20(18)26-28-24(36-29-26)17-31-13-11-30(12-14-31)10-9-23(32)27-19-15-21(33-2)25(35-4)22(16-19)34-3/h5-8,15-16H,9-14,17H2,1-4H3,(H,27,32). The lowest BCUT2D eigenvalue weighted by molar-refractivity contribution is -0.116. The zero-order chi connectivity index (χ0) is 25.5. The van der Waals surface area contributed by atoms with Crippen LogP contribution in [0.2, 0.25) is 0 Å². The van der Waals surface area contributed by atoms with Crippen molar-refractivity contribution in [2.45, 2.75) is 19.9 Å². The SMILES string of the molecule is COc1cc(NC(=O)CCN2CCN(Cc3nc(-c4ccccc4C)no3)CC2)cc(OC)c1OC. The third-order valence-corrected chi connectivity index (χ3v) is 6.28. The maximum absolute atomic E-state index is 12.6. The Balaban J connectivity index is 1.23. The van der Waals surface area contributed by atoms with Gasteiger partial charge in [0.2, 0.25) is 23.4 Å². The van der Waals surface area contributed by atoms with Crippen molar-refractivity contribution < 1.29 is 23.5 Å².